The van der Waals surface area contributed by atoms with Crippen molar-refractivity contribution in [1.82, 2.24) is 0 Å². The number of carbonyl (C=O) groups excluding carboxylic acids is 1. The number of amides is 1. The molecule has 2 aromatic carbocycles. The van der Waals surface area contributed by atoms with Crippen LogP contribution >= 0.6 is 27.5 Å². The number of nitro groups is 1. The fourth-order valence-corrected chi connectivity index (χ4v) is 2.10. The first kappa shape index (κ1) is 14.5. The summed E-state index contributed by atoms with van der Waals surface area (Å²) in [5.41, 5.74) is 0.736. The van der Waals surface area contributed by atoms with E-state index in [2.05, 4.69) is 21.2 Å². The average Bonchev–Trinajstić information content (AvgIpc) is 2.42. The fraction of sp³-hybridized carbons (Fsp3) is 0. The maximum absolute atomic E-state index is 12.1. The Labute approximate surface area is 127 Å². The highest BCUT2D eigenvalue weighted by Crippen LogP contribution is 2.22. The zero-order valence-electron chi connectivity index (χ0n) is 9.97. The van der Waals surface area contributed by atoms with Gasteiger partial charge in [0.05, 0.1) is 15.5 Å². The number of non-ortho nitro benzene ring substituents is 1. The van der Waals surface area contributed by atoms with Gasteiger partial charge in [0.25, 0.3) is 11.6 Å². The molecule has 0 saturated heterocycles. The number of hydrogen-bond acceptors (Lipinski definition) is 3. The van der Waals surface area contributed by atoms with Gasteiger partial charge in [0.2, 0.25) is 0 Å². The Morgan fingerprint density at radius 2 is 1.85 bits per heavy atom. The highest BCUT2D eigenvalue weighted by atomic mass is 79.9. The van der Waals surface area contributed by atoms with Gasteiger partial charge in [0, 0.05) is 22.3 Å². The zero-order chi connectivity index (χ0) is 14.7. The molecule has 102 valence electrons. The van der Waals surface area contributed by atoms with Gasteiger partial charge in [0.15, 0.2) is 0 Å². The van der Waals surface area contributed by atoms with Gasteiger partial charge in [-0.2, -0.15) is 0 Å². The van der Waals surface area contributed by atoms with Crippen molar-refractivity contribution < 1.29 is 9.72 Å². The highest BCUT2D eigenvalue weighted by molar-refractivity contribution is 9.10. The molecular formula is C13H8BrClN2O3. The Kier molecular flexibility index (Phi) is 4.36. The standard InChI is InChI=1S/C13H8BrClN2O3/c14-8-1-6-12(15)11(7-8)13(18)16-9-2-4-10(5-3-9)17(19)20/h1-7H,(H,16,18). The number of benzene rings is 2. The third-order valence-corrected chi connectivity index (χ3v) is 3.33. The normalized spacial score (nSPS) is 10.1. The molecule has 7 heteroatoms. The van der Waals surface area contributed by atoms with Crippen molar-refractivity contribution in [2.75, 3.05) is 5.32 Å². The molecule has 0 radical (unpaired) electrons. The molecule has 1 N–H and O–H groups in total. The summed E-state index contributed by atoms with van der Waals surface area (Å²) < 4.78 is 0.732. The molecule has 0 aliphatic carbocycles. The van der Waals surface area contributed by atoms with Crippen molar-refractivity contribution in [3.63, 3.8) is 0 Å². The van der Waals surface area contributed by atoms with Crippen molar-refractivity contribution in [1.29, 1.82) is 0 Å². The highest BCUT2D eigenvalue weighted by Gasteiger charge is 2.12. The van der Waals surface area contributed by atoms with Crippen molar-refractivity contribution in [2.24, 2.45) is 0 Å². The Morgan fingerprint density at radius 1 is 1.20 bits per heavy atom. The smallest absolute Gasteiger partial charge is 0.269 e. The van der Waals surface area contributed by atoms with E-state index >= 15 is 0 Å². The number of anilines is 1. The van der Waals surface area contributed by atoms with Crippen LogP contribution in [0.15, 0.2) is 46.9 Å². The molecule has 0 aromatic heterocycles. The number of hydrogen-bond donors (Lipinski definition) is 1. The monoisotopic (exact) mass is 354 g/mol. The Hall–Kier alpha value is -1.92. The van der Waals surface area contributed by atoms with Crippen LogP contribution in [-0.4, -0.2) is 10.8 Å². The van der Waals surface area contributed by atoms with E-state index in [1.807, 2.05) is 0 Å². The second-order valence-corrected chi connectivity index (χ2v) is 5.21. The van der Waals surface area contributed by atoms with Crippen LogP contribution in [0.4, 0.5) is 11.4 Å². The summed E-state index contributed by atoms with van der Waals surface area (Å²) in [6.45, 7) is 0. The van der Waals surface area contributed by atoms with Gasteiger partial charge in [-0.3, -0.25) is 14.9 Å². The van der Waals surface area contributed by atoms with E-state index in [0.29, 0.717) is 16.3 Å². The van der Waals surface area contributed by atoms with E-state index in [1.165, 1.54) is 24.3 Å². The third kappa shape index (κ3) is 3.34. The lowest BCUT2D eigenvalue weighted by Crippen LogP contribution is -2.12. The SMILES string of the molecule is O=C(Nc1ccc([N+](=O)[O-])cc1)c1cc(Br)ccc1Cl. The summed E-state index contributed by atoms with van der Waals surface area (Å²) >= 11 is 9.22. The van der Waals surface area contributed by atoms with Crippen LogP contribution in [0.5, 0.6) is 0 Å². The third-order valence-electron chi connectivity index (χ3n) is 2.51. The first-order valence-corrected chi connectivity index (χ1v) is 6.65. The zero-order valence-corrected chi connectivity index (χ0v) is 12.3. The second kappa shape index (κ2) is 6.02. The first-order valence-electron chi connectivity index (χ1n) is 5.48. The molecule has 20 heavy (non-hydrogen) atoms. The molecule has 0 aliphatic rings. The lowest BCUT2D eigenvalue weighted by molar-refractivity contribution is -0.384. The topological polar surface area (TPSA) is 72.2 Å². The first-order chi connectivity index (χ1) is 9.47. The van der Waals surface area contributed by atoms with Crippen LogP contribution < -0.4 is 5.32 Å². The number of carbonyl (C=O) groups is 1. The quantitative estimate of drug-likeness (QED) is 0.660. The molecule has 1 amide bonds. The van der Waals surface area contributed by atoms with Crippen LogP contribution in [0.1, 0.15) is 10.4 Å². The van der Waals surface area contributed by atoms with Crippen LogP contribution in [0.25, 0.3) is 0 Å². The van der Waals surface area contributed by atoms with Gasteiger partial charge < -0.3 is 5.32 Å². The summed E-state index contributed by atoms with van der Waals surface area (Å²) in [4.78, 5) is 22.1. The van der Waals surface area contributed by atoms with Gasteiger partial charge in [-0.05, 0) is 30.3 Å². The minimum absolute atomic E-state index is 0.0384. The molecule has 0 saturated carbocycles. The maximum atomic E-state index is 12.1. The van der Waals surface area contributed by atoms with Crippen molar-refractivity contribution in [3.8, 4) is 0 Å². The van der Waals surface area contributed by atoms with E-state index in [9.17, 15) is 14.9 Å². The van der Waals surface area contributed by atoms with Gasteiger partial charge in [-0.25, -0.2) is 0 Å². The molecule has 0 unspecified atom stereocenters. The summed E-state index contributed by atoms with van der Waals surface area (Å²) in [6.07, 6.45) is 0. The van der Waals surface area contributed by atoms with Crippen LogP contribution in [-0.2, 0) is 0 Å². The van der Waals surface area contributed by atoms with Crippen molar-refractivity contribution in [3.05, 3.63) is 67.6 Å². The van der Waals surface area contributed by atoms with Crippen molar-refractivity contribution in [2.45, 2.75) is 0 Å². The molecule has 0 bridgehead atoms. The van der Waals surface area contributed by atoms with E-state index in [1.54, 1.807) is 18.2 Å². The predicted molar refractivity (Wildman–Crippen MR) is 80.2 cm³/mol. The van der Waals surface area contributed by atoms with E-state index in [4.69, 9.17) is 11.6 Å². The molecule has 0 spiro atoms. The minimum atomic E-state index is -0.503. The van der Waals surface area contributed by atoms with Gasteiger partial charge >= 0.3 is 0 Å². The molecular weight excluding hydrogens is 348 g/mol. The summed E-state index contributed by atoms with van der Waals surface area (Å²) in [6, 6.07) is 10.5. The number of nitrogens with zero attached hydrogens (tertiary/aromatic N) is 1. The molecule has 0 heterocycles. The summed E-state index contributed by atoms with van der Waals surface area (Å²) in [7, 11) is 0. The van der Waals surface area contributed by atoms with E-state index in [0.717, 1.165) is 4.47 Å². The number of nitrogens with one attached hydrogen (secondary N) is 1. The lowest BCUT2D eigenvalue weighted by atomic mass is 10.2. The Morgan fingerprint density at radius 3 is 2.45 bits per heavy atom. The number of halogens is 2. The number of rotatable bonds is 3. The number of nitro benzene ring substituents is 1. The lowest BCUT2D eigenvalue weighted by Gasteiger charge is -2.07. The predicted octanol–water partition coefficient (Wildman–Crippen LogP) is 4.26. The van der Waals surface area contributed by atoms with Crippen LogP contribution in [0, 0.1) is 10.1 Å². The maximum Gasteiger partial charge on any atom is 0.269 e. The summed E-state index contributed by atoms with van der Waals surface area (Å²) in [5.74, 6) is -0.384. The summed E-state index contributed by atoms with van der Waals surface area (Å²) in [5, 5.41) is 13.5. The van der Waals surface area contributed by atoms with Gasteiger partial charge in [-0.1, -0.05) is 27.5 Å². The molecule has 0 fully saturated rings. The van der Waals surface area contributed by atoms with Gasteiger partial charge in [-0.15, -0.1) is 0 Å². The Balaban J connectivity index is 2.19. The fourth-order valence-electron chi connectivity index (χ4n) is 1.54. The second-order valence-electron chi connectivity index (χ2n) is 3.88. The van der Waals surface area contributed by atoms with Crippen LogP contribution in [0.2, 0.25) is 5.02 Å². The average molecular weight is 356 g/mol. The molecule has 2 rings (SSSR count). The molecule has 0 aliphatic heterocycles. The minimum Gasteiger partial charge on any atom is -0.322 e. The van der Waals surface area contributed by atoms with E-state index in [-0.39, 0.29) is 11.6 Å². The van der Waals surface area contributed by atoms with E-state index < -0.39 is 4.92 Å². The largest absolute Gasteiger partial charge is 0.322 e. The Bertz CT molecular complexity index is 674. The molecule has 5 nitrogen and oxygen atoms in total. The van der Waals surface area contributed by atoms with Crippen molar-refractivity contribution >= 4 is 44.8 Å². The van der Waals surface area contributed by atoms with Crippen LogP contribution in [0.3, 0.4) is 0 Å². The van der Waals surface area contributed by atoms with Gasteiger partial charge in [0.1, 0.15) is 0 Å². The molecule has 2 aromatic rings. The molecule has 0 atom stereocenters.